The maximum atomic E-state index is 6.15. The predicted octanol–water partition coefficient (Wildman–Crippen LogP) is 4.42. The molecule has 1 aliphatic rings. The van der Waals surface area contributed by atoms with Crippen molar-refractivity contribution >= 4 is 5.82 Å². The number of anilines is 1. The highest BCUT2D eigenvalue weighted by Crippen LogP contribution is 2.38. The molecule has 1 aromatic heterocycles. The molecule has 1 aliphatic carbocycles. The van der Waals surface area contributed by atoms with Gasteiger partial charge in [0.05, 0.1) is 0 Å². The molecule has 0 saturated heterocycles. The summed E-state index contributed by atoms with van der Waals surface area (Å²) in [6, 6.07) is 0. The van der Waals surface area contributed by atoms with Gasteiger partial charge in [0.2, 0.25) is 0 Å². The van der Waals surface area contributed by atoms with E-state index in [1.807, 2.05) is 0 Å². The van der Waals surface area contributed by atoms with Crippen molar-refractivity contribution in [1.29, 1.82) is 0 Å². The topological polar surface area (TPSA) is 51.8 Å². The van der Waals surface area contributed by atoms with E-state index in [2.05, 4.69) is 39.6 Å². The molecule has 0 atom stereocenters. The molecule has 1 aromatic rings. The molecule has 0 spiro atoms. The summed E-state index contributed by atoms with van der Waals surface area (Å²) in [5.74, 6) is 4.24. The number of nitrogens with two attached hydrogens (primary N) is 1. The highest BCUT2D eigenvalue weighted by Gasteiger charge is 2.26. The first kappa shape index (κ1) is 15.3. The van der Waals surface area contributed by atoms with Gasteiger partial charge in [-0.15, -0.1) is 0 Å². The molecule has 1 heterocycles. The van der Waals surface area contributed by atoms with E-state index in [-0.39, 0.29) is 0 Å². The fourth-order valence-corrected chi connectivity index (χ4v) is 3.57. The summed E-state index contributed by atoms with van der Waals surface area (Å²) in [7, 11) is 0. The summed E-state index contributed by atoms with van der Waals surface area (Å²) in [4.78, 5) is 9.37. The van der Waals surface area contributed by atoms with Gasteiger partial charge in [-0.05, 0) is 50.4 Å². The zero-order valence-electron chi connectivity index (χ0n) is 13.6. The Hall–Kier alpha value is -1.12. The number of aryl methyl sites for hydroxylation is 1. The van der Waals surface area contributed by atoms with Gasteiger partial charge in [-0.3, -0.25) is 0 Å². The molecular weight excluding hydrogens is 246 g/mol. The van der Waals surface area contributed by atoms with Crippen molar-refractivity contribution < 1.29 is 0 Å². The van der Waals surface area contributed by atoms with Crippen molar-refractivity contribution in [2.75, 3.05) is 5.73 Å². The van der Waals surface area contributed by atoms with Crippen LogP contribution in [0.4, 0.5) is 5.82 Å². The molecule has 2 rings (SSSR count). The van der Waals surface area contributed by atoms with Gasteiger partial charge in [0.25, 0.3) is 0 Å². The molecule has 1 fully saturated rings. The first-order valence-corrected chi connectivity index (χ1v) is 8.04. The van der Waals surface area contributed by atoms with Crippen LogP contribution in [0, 0.1) is 18.8 Å². The summed E-state index contributed by atoms with van der Waals surface area (Å²) in [6.07, 6.45) is 5.03. The molecule has 0 aliphatic heterocycles. The van der Waals surface area contributed by atoms with Crippen LogP contribution in [-0.4, -0.2) is 9.97 Å². The lowest BCUT2D eigenvalue weighted by Crippen LogP contribution is -2.20. The van der Waals surface area contributed by atoms with Crippen molar-refractivity contribution in [2.45, 2.75) is 72.1 Å². The third-order valence-electron chi connectivity index (χ3n) is 4.84. The van der Waals surface area contributed by atoms with Gasteiger partial charge in [-0.1, -0.05) is 27.7 Å². The van der Waals surface area contributed by atoms with Crippen LogP contribution in [0.5, 0.6) is 0 Å². The third kappa shape index (κ3) is 3.13. The first-order chi connectivity index (χ1) is 9.40. The van der Waals surface area contributed by atoms with Crippen LogP contribution in [0.25, 0.3) is 0 Å². The predicted molar refractivity (Wildman–Crippen MR) is 84.8 cm³/mol. The van der Waals surface area contributed by atoms with Crippen LogP contribution < -0.4 is 5.73 Å². The number of aromatic nitrogens is 2. The largest absolute Gasteiger partial charge is 0.383 e. The third-order valence-corrected chi connectivity index (χ3v) is 4.84. The summed E-state index contributed by atoms with van der Waals surface area (Å²) in [5, 5.41) is 0. The molecule has 20 heavy (non-hydrogen) atoms. The Labute approximate surface area is 123 Å². The number of nitrogens with zero attached hydrogens (tertiary/aromatic N) is 2. The number of nitrogen functional groups attached to an aromatic ring is 1. The lowest BCUT2D eigenvalue weighted by atomic mass is 9.76. The van der Waals surface area contributed by atoms with Crippen LogP contribution in [0.1, 0.15) is 82.3 Å². The molecule has 0 unspecified atom stereocenters. The van der Waals surface area contributed by atoms with Gasteiger partial charge in [0, 0.05) is 17.2 Å². The van der Waals surface area contributed by atoms with Crippen LogP contribution in [0.3, 0.4) is 0 Å². The molecule has 0 aromatic carbocycles. The minimum atomic E-state index is 0.390. The monoisotopic (exact) mass is 275 g/mol. The normalized spacial score (nSPS) is 23.6. The Morgan fingerprint density at radius 2 is 1.60 bits per heavy atom. The molecule has 0 radical (unpaired) electrons. The summed E-state index contributed by atoms with van der Waals surface area (Å²) < 4.78 is 0. The quantitative estimate of drug-likeness (QED) is 0.888. The van der Waals surface area contributed by atoms with Crippen LogP contribution in [-0.2, 0) is 0 Å². The van der Waals surface area contributed by atoms with E-state index in [9.17, 15) is 0 Å². The van der Waals surface area contributed by atoms with Gasteiger partial charge in [-0.25, -0.2) is 9.97 Å². The van der Waals surface area contributed by atoms with Crippen LogP contribution in [0.2, 0.25) is 0 Å². The maximum absolute atomic E-state index is 6.15. The molecule has 2 N–H and O–H groups in total. The molecule has 1 saturated carbocycles. The fourth-order valence-electron chi connectivity index (χ4n) is 3.57. The van der Waals surface area contributed by atoms with Gasteiger partial charge in [0.1, 0.15) is 11.6 Å². The van der Waals surface area contributed by atoms with Crippen molar-refractivity contribution in [3.05, 3.63) is 17.1 Å². The zero-order chi connectivity index (χ0) is 14.9. The van der Waals surface area contributed by atoms with E-state index < -0.39 is 0 Å². The van der Waals surface area contributed by atoms with E-state index in [0.717, 1.165) is 28.9 Å². The number of hydrogen-bond donors (Lipinski definition) is 1. The Bertz CT molecular complexity index is 434. The van der Waals surface area contributed by atoms with Gasteiger partial charge in [-0.2, -0.15) is 0 Å². The summed E-state index contributed by atoms with van der Waals surface area (Å²) in [6.45, 7) is 11.0. The average Bonchev–Trinajstić information content (AvgIpc) is 2.37. The Morgan fingerprint density at radius 3 is 2.05 bits per heavy atom. The van der Waals surface area contributed by atoms with Gasteiger partial charge in [0.15, 0.2) is 0 Å². The van der Waals surface area contributed by atoms with E-state index in [4.69, 9.17) is 10.7 Å². The van der Waals surface area contributed by atoms with E-state index in [0.29, 0.717) is 17.7 Å². The molecule has 3 nitrogen and oxygen atoms in total. The Balaban J connectivity index is 2.15. The van der Waals surface area contributed by atoms with Gasteiger partial charge >= 0.3 is 0 Å². The Kier molecular flexibility index (Phi) is 4.66. The van der Waals surface area contributed by atoms with Crippen molar-refractivity contribution in [3.63, 3.8) is 0 Å². The summed E-state index contributed by atoms with van der Waals surface area (Å²) >= 11 is 0. The number of rotatable bonds is 3. The van der Waals surface area contributed by atoms with Crippen LogP contribution in [0.15, 0.2) is 0 Å². The van der Waals surface area contributed by atoms with Gasteiger partial charge < -0.3 is 5.73 Å². The lowest BCUT2D eigenvalue weighted by molar-refractivity contribution is 0.254. The fraction of sp³-hybridized carbons (Fsp3) is 0.765. The number of hydrogen-bond acceptors (Lipinski definition) is 3. The second kappa shape index (κ2) is 6.11. The molecule has 0 amide bonds. The molecule has 0 bridgehead atoms. The first-order valence-electron chi connectivity index (χ1n) is 8.04. The highest BCUT2D eigenvalue weighted by atomic mass is 15.0. The van der Waals surface area contributed by atoms with Crippen molar-refractivity contribution in [1.82, 2.24) is 9.97 Å². The summed E-state index contributed by atoms with van der Waals surface area (Å²) in [5.41, 5.74) is 8.33. The smallest absolute Gasteiger partial charge is 0.134 e. The molecular formula is C17H29N3. The SMILES string of the molecule is Cc1nc(C2CCC(C(C)C)CC2)nc(N)c1C(C)C. The molecule has 112 valence electrons. The lowest BCUT2D eigenvalue weighted by Gasteiger charge is -2.30. The second-order valence-corrected chi connectivity index (χ2v) is 6.98. The minimum Gasteiger partial charge on any atom is -0.383 e. The standard InChI is InChI=1S/C17H29N3/c1-10(2)13-6-8-14(9-7-13)17-19-12(5)15(11(3)4)16(18)20-17/h10-11,13-14H,6-9H2,1-5H3,(H2,18,19,20). The van der Waals surface area contributed by atoms with E-state index >= 15 is 0 Å². The van der Waals surface area contributed by atoms with E-state index in [1.54, 1.807) is 0 Å². The van der Waals surface area contributed by atoms with E-state index in [1.165, 1.54) is 25.7 Å². The van der Waals surface area contributed by atoms with Crippen molar-refractivity contribution in [2.24, 2.45) is 11.8 Å². The average molecular weight is 275 g/mol. The van der Waals surface area contributed by atoms with Crippen molar-refractivity contribution in [3.8, 4) is 0 Å². The zero-order valence-corrected chi connectivity index (χ0v) is 13.6. The maximum Gasteiger partial charge on any atom is 0.134 e. The highest BCUT2D eigenvalue weighted by molar-refractivity contribution is 5.44. The Morgan fingerprint density at radius 1 is 1.00 bits per heavy atom. The minimum absolute atomic E-state index is 0.390. The van der Waals surface area contributed by atoms with Crippen LogP contribution >= 0.6 is 0 Å². The second-order valence-electron chi connectivity index (χ2n) is 6.98. The molecule has 3 heteroatoms.